The lowest BCUT2D eigenvalue weighted by molar-refractivity contribution is -0.157. The number of halogens is 2. The molecule has 0 aromatic heterocycles. The number of benzene rings is 1. The Kier molecular flexibility index (Phi) is 4.46. The Labute approximate surface area is 146 Å². The first-order chi connectivity index (χ1) is 10.5. The summed E-state index contributed by atoms with van der Waals surface area (Å²) in [6.07, 6.45) is 0.940. The van der Waals surface area contributed by atoms with Crippen LogP contribution in [0.5, 0.6) is 0 Å². The summed E-state index contributed by atoms with van der Waals surface area (Å²) < 4.78 is 0. The predicted octanol–water partition coefficient (Wildman–Crippen LogP) is 4.85. The minimum absolute atomic E-state index is 0.239. The highest BCUT2D eigenvalue weighted by atomic mass is 35.5. The second-order valence-electron chi connectivity index (χ2n) is 7.15. The molecule has 126 valence electrons. The van der Waals surface area contributed by atoms with Crippen LogP contribution in [-0.2, 0) is 9.59 Å². The number of nitrogens with one attached hydrogen (secondary N) is 1. The molecule has 2 atom stereocenters. The fourth-order valence-electron chi connectivity index (χ4n) is 3.37. The molecule has 1 fully saturated rings. The number of carbonyl (C=O) groups is 2. The van der Waals surface area contributed by atoms with Gasteiger partial charge in [-0.1, -0.05) is 50.0 Å². The topological polar surface area (TPSA) is 66.4 Å². The molecule has 0 spiro atoms. The fourth-order valence-corrected chi connectivity index (χ4v) is 3.71. The summed E-state index contributed by atoms with van der Waals surface area (Å²) in [4.78, 5) is 24.7. The van der Waals surface area contributed by atoms with Crippen LogP contribution in [0, 0.1) is 16.2 Å². The molecule has 0 heterocycles. The van der Waals surface area contributed by atoms with E-state index in [1.54, 1.807) is 25.1 Å². The van der Waals surface area contributed by atoms with Crippen molar-refractivity contribution in [3.05, 3.63) is 28.2 Å². The number of amides is 1. The molecule has 1 saturated carbocycles. The fraction of sp³-hybridized carbons (Fsp3) is 0.529. The summed E-state index contributed by atoms with van der Waals surface area (Å²) in [6.45, 7) is 7.20. The maximum absolute atomic E-state index is 12.9. The molecule has 0 radical (unpaired) electrons. The third-order valence-electron chi connectivity index (χ3n) is 6.06. The molecule has 1 aromatic carbocycles. The van der Waals surface area contributed by atoms with Gasteiger partial charge in [0.2, 0.25) is 5.91 Å². The van der Waals surface area contributed by atoms with Crippen LogP contribution in [0.2, 0.25) is 10.0 Å². The quantitative estimate of drug-likeness (QED) is 0.812. The summed E-state index contributed by atoms with van der Waals surface area (Å²) in [5.41, 5.74) is -2.07. The van der Waals surface area contributed by atoms with Gasteiger partial charge in [0.1, 0.15) is 0 Å². The van der Waals surface area contributed by atoms with E-state index in [1.807, 2.05) is 20.8 Å². The molecular weight excluding hydrogens is 337 g/mol. The standard InChI is InChI=1S/C17H21Cl2NO3/c1-15(2)16(3,8-9-17(15,4)14(22)23)13(21)20-11-7-5-6-10(18)12(11)19/h5-7H,8-9H2,1-4H3,(H,20,21)(H,22,23). The molecular formula is C17H21Cl2NO3. The van der Waals surface area contributed by atoms with E-state index in [9.17, 15) is 14.7 Å². The van der Waals surface area contributed by atoms with Gasteiger partial charge in [0.25, 0.3) is 0 Å². The Morgan fingerprint density at radius 3 is 2.17 bits per heavy atom. The van der Waals surface area contributed by atoms with Gasteiger partial charge in [-0.15, -0.1) is 0 Å². The maximum Gasteiger partial charge on any atom is 0.309 e. The van der Waals surface area contributed by atoms with Crippen molar-refractivity contribution < 1.29 is 14.7 Å². The Bertz CT molecular complexity index is 674. The van der Waals surface area contributed by atoms with Crippen molar-refractivity contribution in [2.75, 3.05) is 5.32 Å². The van der Waals surface area contributed by atoms with E-state index >= 15 is 0 Å². The first kappa shape index (κ1) is 18.1. The van der Waals surface area contributed by atoms with Crippen LogP contribution in [0.3, 0.4) is 0 Å². The molecule has 1 aliphatic rings. The molecule has 1 aromatic rings. The monoisotopic (exact) mass is 357 g/mol. The average Bonchev–Trinajstić information content (AvgIpc) is 2.66. The summed E-state index contributed by atoms with van der Waals surface area (Å²) in [7, 11) is 0. The Balaban J connectivity index is 2.36. The van der Waals surface area contributed by atoms with E-state index in [-0.39, 0.29) is 10.9 Å². The van der Waals surface area contributed by atoms with Crippen molar-refractivity contribution in [3.8, 4) is 0 Å². The number of anilines is 1. The maximum atomic E-state index is 12.9. The lowest BCUT2D eigenvalue weighted by Gasteiger charge is -2.44. The normalized spacial score (nSPS) is 29.3. The van der Waals surface area contributed by atoms with Gasteiger partial charge < -0.3 is 10.4 Å². The van der Waals surface area contributed by atoms with Gasteiger partial charge in [-0.2, -0.15) is 0 Å². The van der Waals surface area contributed by atoms with E-state index in [2.05, 4.69) is 5.32 Å². The smallest absolute Gasteiger partial charge is 0.309 e. The summed E-state index contributed by atoms with van der Waals surface area (Å²) in [5.74, 6) is -1.11. The molecule has 2 N–H and O–H groups in total. The summed E-state index contributed by atoms with van der Waals surface area (Å²) >= 11 is 12.1. The van der Waals surface area contributed by atoms with Crippen LogP contribution in [0.15, 0.2) is 18.2 Å². The highest BCUT2D eigenvalue weighted by molar-refractivity contribution is 6.44. The van der Waals surface area contributed by atoms with Gasteiger partial charge in [0.15, 0.2) is 0 Å². The Hall–Kier alpha value is -1.26. The largest absolute Gasteiger partial charge is 0.481 e. The van der Waals surface area contributed by atoms with Crippen molar-refractivity contribution >= 4 is 40.8 Å². The minimum Gasteiger partial charge on any atom is -0.481 e. The van der Waals surface area contributed by atoms with Crippen LogP contribution in [0.4, 0.5) is 5.69 Å². The molecule has 0 saturated heterocycles. The highest BCUT2D eigenvalue weighted by Gasteiger charge is 2.64. The van der Waals surface area contributed by atoms with Crippen molar-refractivity contribution in [1.82, 2.24) is 0 Å². The van der Waals surface area contributed by atoms with Crippen molar-refractivity contribution in [2.45, 2.75) is 40.5 Å². The Morgan fingerprint density at radius 2 is 1.65 bits per heavy atom. The molecule has 6 heteroatoms. The zero-order valence-electron chi connectivity index (χ0n) is 13.7. The number of carboxylic acids is 1. The van der Waals surface area contributed by atoms with E-state index in [1.165, 1.54) is 0 Å². The van der Waals surface area contributed by atoms with Gasteiger partial charge >= 0.3 is 5.97 Å². The number of aliphatic carboxylic acids is 1. The van der Waals surface area contributed by atoms with Crippen LogP contribution in [0.1, 0.15) is 40.5 Å². The third kappa shape index (κ3) is 2.52. The molecule has 0 bridgehead atoms. The lowest BCUT2D eigenvalue weighted by Crippen LogP contribution is -2.49. The number of carboxylic acid groups (broad SMARTS) is 1. The molecule has 4 nitrogen and oxygen atoms in total. The van der Waals surface area contributed by atoms with Gasteiger partial charge in [0, 0.05) is 0 Å². The lowest BCUT2D eigenvalue weighted by atomic mass is 9.59. The zero-order chi connectivity index (χ0) is 17.6. The first-order valence-electron chi connectivity index (χ1n) is 7.46. The van der Waals surface area contributed by atoms with Gasteiger partial charge in [0.05, 0.1) is 26.6 Å². The van der Waals surface area contributed by atoms with E-state index in [0.717, 1.165) is 0 Å². The molecule has 2 unspecified atom stereocenters. The number of hydrogen-bond donors (Lipinski definition) is 2. The Morgan fingerprint density at radius 1 is 1.09 bits per heavy atom. The summed E-state index contributed by atoms with van der Waals surface area (Å²) in [6, 6.07) is 5.02. The molecule has 23 heavy (non-hydrogen) atoms. The van der Waals surface area contributed by atoms with Gasteiger partial charge in [-0.05, 0) is 37.3 Å². The van der Waals surface area contributed by atoms with Crippen LogP contribution in [-0.4, -0.2) is 17.0 Å². The highest BCUT2D eigenvalue weighted by Crippen LogP contribution is 2.63. The van der Waals surface area contributed by atoms with E-state index < -0.39 is 22.2 Å². The van der Waals surface area contributed by atoms with Crippen LogP contribution in [0.25, 0.3) is 0 Å². The van der Waals surface area contributed by atoms with Crippen LogP contribution < -0.4 is 5.32 Å². The predicted molar refractivity (Wildman–Crippen MR) is 92.0 cm³/mol. The number of rotatable bonds is 3. The molecule has 1 amide bonds. The summed E-state index contributed by atoms with van der Waals surface area (Å²) in [5, 5.41) is 13.1. The van der Waals surface area contributed by atoms with Crippen molar-refractivity contribution in [2.24, 2.45) is 16.2 Å². The molecule has 2 rings (SSSR count). The average molecular weight is 358 g/mol. The van der Waals surface area contributed by atoms with Gasteiger partial charge in [-0.3, -0.25) is 9.59 Å². The third-order valence-corrected chi connectivity index (χ3v) is 6.88. The first-order valence-corrected chi connectivity index (χ1v) is 8.22. The second-order valence-corrected chi connectivity index (χ2v) is 7.94. The minimum atomic E-state index is -0.961. The number of carbonyl (C=O) groups excluding carboxylic acids is 1. The SMILES string of the molecule is CC1(C(=O)O)CCC(C)(C(=O)Nc2cccc(Cl)c2Cl)C1(C)C. The van der Waals surface area contributed by atoms with Crippen molar-refractivity contribution in [1.29, 1.82) is 0 Å². The molecule has 1 aliphatic carbocycles. The second kappa shape index (κ2) is 5.67. The van der Waals surface area contributed by atoms with Crippen LogP contribution >= 0.6 is 23.2 Å². The van der Waals surface area contributed by atoms with Gasteiger partial charge in [-0.25, -0.2) is 0 Å². The van der Waals surface area contributed by atoms with E-state index in [4.69, 9.17) is 23.2 Å². The van der Waals surface area contributed by atoms with E-state index in [0.29, 0.717) is 23.6 Å². The molecule has 0 aliphatic heterocycles. The zero-order valence-corrected chi connectivity index (χ0v) is 15.2. The number of hydrogen-bond acceptors (Lipinski definition) is 2. The van der Waals surface area contributed by atoms with Crippen molar-refractivity contribution in [3.63, 3.8) is 0 Å².